The molecule has 0 radical (unpaired) electrons. The first-order valence-corrected chi connectivity index (χ1v) is 7.91. The number of ether oxygens (including phenoxy) is 1. The number of piperidine rings is 1. The lowest BCUT2D eigenvalue weighted by Crippen LogP contribution is -2.55. The summed E-state index contributed by atoms with van der Waals surface area (Å²) in [5.74, 6) is 0.00446. The number of benzene rings is 1. The molecule has 0 aromatic heterocycles. The van der Waals surface area contributed by atoms with Gasteiger partial charge in [0.2, 0.25) is 0 Å². The van der Waals surface area contributed by atoms with E-state index in [2.05, 4.69) is 34.6 Å². The van der Waals surface area contributed by atoms with Crippen molar-refractivity contribution in [1.29, 1.82) is 0 Å². The van der Waals surface area contributed by atoms with Crippen LogP contribution in [0.3, 0.4) is 0 Å². The Bertz CT molecular complexity index is 482. The zero-order valence-corrected chi connectivity index (χ0v) is 16.2. The van der Waals surface area contributed by atoms with Gasteiger partial charge in [-0.2, -0.15) is 0 Å². The van der Waals surface area contributed by atoms with E-state index in [1.165, 1.54) is 0 Å². The largest absolute Gasteiger partial charge is 0.370 e. The van der Waals surface area contributed by atoms with E-state index in [0.717, 1.165) is 31.6 Å². The number of amides is 1. The number of nitrogens with zero attached hydrogens (tertiary/aromatic N) is 1. The molecule has 2 N–H and O–H groups in total. The Hall–Kier alpha value is -1.01. The third kappa shape index (κ3) is 5.52. The Morgan fingerprint density at radius 3 is 2.42 bits per heavy atom. The van der Waals surface area contributed by atoms with E-state index in [1.54, 1.807) is 7.11 Å². The molecule has 1 fully saturated rings. The highest BCUT2D eigenvalue weighted by molar-refractivity contribution is 5.86. The van der Waals surface area contributed by atoms with Crippen LogP contribution in [0.15, 0.2) is 30.3 Å². The van der Waals surface area contributed by atoms with Crippen molar-refractivity contribution in [3.63, 3.8) is 0 Å². The molecule has 24 heavy (non-hydrogen) atoms. The number of carbonyl (C=O) groups excluding carboxylic acids is 1. The average Bonchev–Trinajstić information content (AvgIpc) is 2.59. The van der Waals surface area contributed by atoms with E-state index in [9.17, 15) is 4.79 Å². The van der Waals surface area contributed by atoms with E-state index in [4.69, 9.17) is 4.74 Å². The van der Waals surface area contributed by atoms with Crippen molar-refractivity contribution in [2.24, 2.45) is 0 Å². The Morgan fingerprint density at radius 2 is 1.88 bits per heavy atom. The predicted octanol–water partition coefficient (Wildman–Crippen LogP) is 2.24. The van der Waals surface area contributed by atoms with Gasteiger partial charge in [0.1, 0.15) is 5.60 Å². The summed E-state index contributed by atoms with van der Waals surface area (Å²) in [6.45, 7) is 4.35. The number of hydrogen-bond acceptors (Lipinski definition) is 4. The molecule has 5 nitrogen and oxygen atoms in total. The Morgan fingerprint density at radius 1 is 1.29 bits per heavy atom. The van der Waals surface area contributed by atoms with Gasteiger partial charge in [0, 0.05) is 32.4 Å². The van der Waals surface area contributed by atoms with Crippen LogP contribution >= 0.6 is 24.8 Å². The van der Waals surface area contributed by atoms with E-state index >= 15 is 0 Å². The van der Waals surface area contributed by atoms with Crippen molar-refractivity contribution in [3.05, 3.63) is 30.3 Å². The Kier molecular flexibility index (Phi) is 10.3. The molecule has 1 atom stereocenters. The van der Waals surface area contributed by atoms with Gasteiger partial charge in [0.25, 0.3) is 5.91 Å². The van der Waals surface area contributed by atoms with Crippen LogP contribution in [-0.2, 0) is 9.53 Å². The Balaban J connectivity index is 0.00000264. The maximum atomic E-state index is 12.5. The van der Waals surface area contributed by atoms with Crippen LogP contribution in [0.25, 0.3) is 0 Å². The van der Waals surface area contributed by atoms with Gasteiger partial charge < -0.3 is 20.3 Å². The van der Waals surface area contributed by atoms with Crippen LogP contribution in [0.2, 0.25) is 0 Å². The summed E-state index contributed by atoms with van der Waals surface area (Å²) in [4.78, 5) is 14.7. The van der Waals surface area contributed by atoms with Gasteiger partial charge in [-0.1, -0.05) is 18.2 Å². The summed E-state index contributed by atoms with van der Waals surface area (Å²) >= 11 is 0. The lowest BCUT2D eigenvalue weighted by atomic mass is 9.91. The quantitative estimate of drug-likeness (QED) is 0.797. The zero-order valence-electron chi connectivity index (χ0n) is 14.6. The fraction of sp³-hybridized carbons (Fsp3) is 0.588. The summed E-state index contributed by atoms with van der Waals surface area (Å²) in [6, 6.07) is 10.4. The molecule has 1 unspecified atom stereocenters. The summed E-state index contributed by atoms with van der Waals surface area (Å²) in [5.41, 5.74) is 0.476. The minimum atomic E-state index is -0.670. The lowest BCUT2D eigenvalue weighted by Gasteiger charge is -2.35. The van der Waals surface area contributed by atoms with E-state index in [-0.39, 0.29) is 36.8 Å². The molecular weight excluding hydrogens is 349 g/mol. The first kappa shape index (κ1) is 23.0. The maximum Gasteiger partial charge on any atom is 0.252 e. The topological polar surface area (TPSA) is 53.6 Å². The number of carbonyl (C=O) groups is 1. The fourth-order valence-electron chi connectivity index (χ4n) is 2.81. The number of likely N-dealkylation sites (N-methyl/N-ethyl adjacent to an activating group) is 1. The number of hydrogen-bond donors (Lipinski definition) is 2. The van der Waals surface area contributed by atoms with Crippen molar-refractivity contribution >= 4 is 36.4 Å². The van der Waals surface area contributed by atoms with Crippen LogP contribution in [0, 0.1) is 0 Å². The van der Waals surface area contributed by atoms with Gasteiger partial charge in [-0.25, -0.2) is 0 Å². The number of methoxy groups -OCH3 is 1. The molecule has 1 aliphatic rings. The minimum absolute atomic E-state index is 0. The molecule has 7 heteroatoms. The van der Waals surface area contributed by atoms with Gasteiger partial charge in [-0.05, 0) is 45.0 Å². The third-order valence-corrected chi connectivity index (χ3v) is 4.60. The highest BCUT2D eigenvalue weighted by atomic mass is 35.5. The van der Waals surface area contributed by atoms with Crippen molar-refractivity contribution < 1.29 is 9.53 Å². The molecule has 1 aromatic rings. The molecule has 0 spiro atoms. The molecular formula is C17H29Cl2N3O2. The Labute approximate surface area is 157 Å². The van der Waals surface area contributed by atoms with Crippen molar-refractivity contribution in [3.8, 4) is 0 Å². The third-order valence-electron chi connectivity index (χ3n) is 4.60. The fourth-order valence-corrected chi connectivity index (χ4v) is 2.81. The number of halogens is 2. The normalized spacial score (nSPS) is 17.0. The molecule has 1 aromatic carbocycles. The van der Waals surface area contributed by atoms with Crippen LogP contribution in [0.1, 0.15) is 19.8 Å². The number of rotatable bonds is 6. The van der Waals surface area contributed by atoms with Crippen molar-refractivity contribution in [2.45, 2.75) is 31.4 Å². The molecule has 138 valence electrons. The number of para-hydroxylation sites is 1. The van der Waals surface area contributed by atoms with Gasteiger partial charge in [0.05, 0.1) is 0 Å². The average molecular weight is 378 g/mol. The summed E-state index contributed by atoms with van der Waals surface area (Å²) in [6.07, 6.45) is 1.44. The summed E-state index contributed by atoms with van der Waals surface area (Å²) < 4.78 is 5.55. The molecule has 1 aliphatic heterocycles. The molecule has 0 aliphatic carbocycles. The first-order valence-electron chi connectivity index (χ1n) is 7.91. The maximum absolute atomic E-state index is 12.5. The SMILES string of the molecule is COC1(C(=O)NCC(C)N(C)c2ccccc2)CCNCC1.Cl.Cl. The minimum Gasteiger partial charge on any atom is -0.370 e. The lowest BCUT2D eigenvalue weighted by molar-refractivity contribution is -0.146. The number of anilines is 1. The molecule has 2 rings (SSSR count). The highest BCUT2D eigenvalue weighted by Gasteiger charge is 2.39. The van der Waals surface area contributed by atoms with Gasteiger partial charge in [-0.3, -0.25) is 4.79 Å². The van der Waals surface area contributed by atoms with E-state index < -0.39 is 5.60 Å². The summed E-state index contributed by atoms with van der Waals surface area (Å²) in [5, 5.41) is 6.33. The second-order valence-electron chi connectivity index (χ2n) is 5.95. The summed E-state index contributed by atoms with van der Waals surface area (Å²) in [7, 11) is 3.67. The number of nitrogens with one attached hydrogen (secondary N) is 2. The molecule has 1 amide bonds. The standard InChI is InChI=1S/C17H27N3O2.2ClH/c1-14(20(2)15-7-5-4-6-8-15)13-19-16(21)17(22-3)9-11-18-12-10-17;;/h4-8,14,18H,9-13H2,1-3H3,(H,19,21);2*1H. The predicted molar refractivity (Wildman–Crippen MR) is 104 cm³/mol. The van der Waals surface area contributed by atoms with E-state index in [1.807, 2.05) is 25.2 Å². The zero-order chi connectivity index (χ0) is 16.0. The van der Waals surface area contributed by atoms with Crippen LogP contribution < -0.4 is 15.5 Å². The molecule has 0 bridgehead atoms. The van der Waals surface area contributed by atoms with Crippen molar-refractivity contribution in [2.75, 3.05) is 38.7 Å². The van der Waals surface area contributed by atoms with Crippen molar-refractivity contribution in [1.82, 2.24) is 10.6 Å². The van der Waals surface area contributed by atoms with E-state index in [0.29, 0.717) is 6.54 Å². The second-order valence-corrected chi connectivity index (χ2v) is 5.95. The smallest absolute Gasteiger partial charge is 0.252 e. The second kappa shape index (κ2) is 10.8. The van der Waals surface area contributed by atoms with Gasteiger partial charge >= 0.3 is 0 Å². The van der Waals surface area contributed by atoms with Crippen LogP contribution in [-0.4, -0.2) is 51.3 Å². The molecule has 1 heterocycles. The molecule has 1 saturated heterocycles. The van der Waals surface area contributed by atoms with Gasteiger partial charge in [-0.15, -0.1) is 24.8 Å². The first-order chi connectivity index (χ1) is 10.6. The molecule has 0 saturated carbocycles. The van der Waals surface area contributed by atoms with Crippen LogP contribution in [0.5, 0.6) is 0 Å². The highest BCUT2D eigenvalue weighted by Crippen LogP contribution is 2.22. The van der Waals surface area contributed by atoms with Gasteiger partial charge in [0.15, 0.2) is 0 Å². The monoisotopic (exact) mass is 377 g/mol. The van der Waals surface area contributed by atoms with Crippen LogP contribution in [0.4, 0.5) is 5.69 Å².